The van der Waals surface area contributed by atoms with Crippen LogP contribution >= 0.6 is 0 Å². The van der Waals surface area contributed by atoms with Crippen LogP contribution in [0.15, 0.2) is 29.2 Å². The summed E-state index contributed by atoms with van der Waals surface area (Å²) in [4.78, 5) is 14.2. The van der Waals surface area contributed by atoms with Gasteiger partial charge in [-0.2, -0.15) is 0 Å². The quantitative estimate of drug-likeness (QED) is 0.881. The Labute approximate surface area is 114 Å². The van der Waals surface area contributed by atoms with Gasteiger partial charge in [0.05, 0.1) is 0 Å². The normalized spacial score (nSPS) is 27.4. The lowest BCUT2D eigenvalue weighted by Gasteiger charge is -2.35. The molecule has 2 atom stereocenters. The molecule has 104 valence electrons. The highest BCUT2D eigenvalue weighted by molar-refractivity contribution is 4.93. The molecule has 0 amide bonds. The maximum absolute atomic E-state index is 11.6. The van der Waals surface area contributed by atoms with E-state index in [9.17, 15) is 4.79 Å². The van der Waals surface area contributed by atoms with Gasteiger partial charge in [-0.05, 0) is 44.8 Å². The first-order chi connectivity index (χ1) is 9.33. The molecule has 2 aliphatic rings. The fraction of sp³-hybridized carbons (Fsp3) is 0.667. The van der Waals surface area contributed by atoms with Gasteiger partial charge in [0.25, 0.3) is 5.56 Å². The van der Waals surface area contributed by atoms with Crippen molar-refractivity contribution in [2.75, 3.05) is 19.6 Å². The van der Waals surface area contributed by atoms with E-state index in [4.69, 9.17) is 0 Å². The molecule has 4 heteroatoms. The zero-order valence-corrected chi connectivity index (χ0v) is 11.4. The first kappa shape index (κ1) is 12.9. The topological polar surface area (TPSA) is 37.3 Å². The summed E-state index contributed by atoms with van der Waals surface area (Å²) < 4.78 is 1.78. The first-order valence-electron chi connectivity index (χ1n) is 7.46. The lowest BCUT2D eigenvalue weighted by molar-refractivity contribution is 0.166. The number of hydrogen-bond acceptors (Lipinski definition) is 3. The van der Waals surface area contributed by atoms with Gasteiger partial charge in [-0.3, -0.25) is 4.79 Å². The van der Waals surface area contributed by atoms with Crippen molar-refractivity contribution in [2.45, 2.75) is 44.3 Å². The smallest absolute Gasteiger partial charge is 0.250 e. The highest BCUT2D eigenvalue weighted by atomic mass is 16.1. The highest BCUT2D eigenvalue weighted by Gasteiger charge is 2.31. The van der Waals surface area contributed by atoms with E-state index in [-0.39, 0.29) is 5.56 Å². The third-order valence-corrected chi connectivity index (χ3v) is 4.51. The van der Waals surface area contributed by atoms with E-state index in [0.717, 1.165) is 19.1 Å². The Kier molecular flexibility index (Phi) is 3.99. The van der Waals surface area contributed by atoms with E-state index in [0.29, 0.717) is 6.04 Å². The molecule has 0 bridgehead atoms. The lowest BCUT2D eigenvalue weighted by Crippen LogP contribution is -2.46. The molecule has 0 spiro atoms. The van der Waals surface area contributed by atoms with Gasteiger partial charge in [0, 0.05) is 37.4 Å². The van der Waals surface area contributed by atoms with Gasteiger partial charge < -0.3 is 14.8 Å². The minimum absolute atomic E-state index is 0.0925. The van der Waals surface area contributed by atoms with Gasteiger partial charge in [-0.15, -0.1) is 0 Å². The number of nitrogens with one attached hydrogen (secondary N) is 1. The molecular weight excluding hydrogens is 238 g/mol. The van der Waals surface area contributed by atoms with Crippen molar-refractivity contribution in [1.82, 2.24) is 14.8 Å². The van der Waals surface area contributed by atoms with Gasteiger partial charge >= 0.3 is 0 Å². The number of aromatic nitrogens is 1. The van der Waals surface area contributed by atoms with Crippen LogP contribution in [0, 0.1) is 0 Å². The van der Waals surface area contributed by atoms with Crippen LogP contribution in [0.3, 0.4) is 0 Å². The average molecular weight is 261 g/mol. The third kappa shape index (κ3) is 3.07. The number of fused-ring (bicyclic) bond motifs is 1. The molecule has 2 unspecified atom stereocenters. The largest absolute Gasteiger partial charge is 0.314 e. The Morgan fingerprint density at radius 2 is 2.21 bits per heavy atom. The Morgan fingerprint density at radius 1 is 1.26 bits per heavy atom. The third-order valence-electron chi connectivity index (χ3n) is 4.51. The summed E-state index contributed by atoms with van der Waals surface area (Å²) in [6.07, 6.45) is 7.14. The summed E-state index contributed by atoms with van der Waals surface area (Å²) in [5.74, 6) is 0. The van der Waals surface area contributed by atoms with Crippen molar-refractivity contribution in [3.8, 4) is 0 Å². The second kappa shape index (κ2) is 5.88. The number of rotatable bonds is 4. The predicted octanol–water partition coefficient (Wildman–Crippen LogP) is 1.06. The summed E-state index contributed by atoms with van der Waals surface area (Å²) in [7, 11) is 0. The van der Waals surface area contributed by atoms with Crippen LogP contribution in [0.5, 0.6) is 0 Å². The van der Waals surface area contributed by atoms with Gasteiger partial charge in [-0.25, -0.2) is 0 Å². The summed E-state index contributed by atoms with van der Waals surface area (Å²) in [6, 6.07) is 6.78. The minimum atomic E-state index is 0.0925. The molecule has 2 aliphatic heterocycles. The van der Waals surface area contributed by atoms with E-state index < -0.39 is 0 Å². The molecule has 0 saturated carbocycles. The lowest BCUT2D eigenvalue weighted by atomic mass is 9.98. The molecule has 2 fully saturated rings. The van der Waals surface area contributed by atoms with Crippen LogP contribution in [0.25, 0.3) is 0 Å². The van der Waals surface area contributed by atoms with Crippen molar-refractivity contribution in [3.63, 3.8) is 0 Å². The molecule has 0 radical (unpaired) electrons. The van der Waals surface area contributed by atoms with E-state index in [1.807, 2.05) is 12.3 Å². The molecule has 19 heavy (non-hydrogen) atoms. The van der Waals surface area contributed by atoms with Crippen molar-refractivity contribution in [1.29, 1.82) is 0 Å². The van der Waals surface area contributed by atoms with Gasteiger partial charge in [0.2, 0.25) is 0 Å². The second-order valence-electron chi connectivity index (χ2n) is 5.74. The molecule has 3 heterocycles. The molecule has 0 aliphatic carbocycles. The molecule has 1 N–H and O–H groups in total. The van der Waals surface area contributed by atoms with E-state index >= 15 is 0 Å². The fourth-order valence-electron chi connectivity index (χ4n) is 3.44. The Balaban J connectivity index is 1.45. The highest BCUT2D eigenvalue weighted by Crippen LogP contribution is 2.26. The fourth-order valence-corrected chi connectivity index (χ4v) is 3.44. The zero-order valence-electron chi connectivity index (χ0n) is 11.4. The Morgan fingerprint density at radius 3 is 3.11 bits per heavy atom. The number of nitrogens with zero attached hydrogens (tertiary/aromatic N) is 2. The molecule has 1 aromatic heterocycles. The predicted molar refractivity (Wildman–Crippen MR) is 76.3 cm³/mol. The van der Waals surface area contributed by atoms with Crippen LogP contribution in [0.1, 0.15) is 25.7 Å². The zero-order chi connectivity index (χ0) is 13.1. The van der Waals surface area contributed by atoms with Crippen molar-refractivity contribution in [2.24, 2.45) is 0 Å². The standard InChI is InChI=1S/C15H23N3O/c19-15-5-1-2-8-18(15)11-7-16-13-6-10-17-9-3-4-14(17)12-13/h1-2,5,8,13-14,16H,3-4,6-7,9-12H2. The Hall–Kier alpha value is -1.13. The maximum atomic E-state index is 11.6. The van der Waals surface area contributed by atoms with Crippen molar-refractivity contribution < 1.29 is 0 Å². The van der Waals surface area contributed by atoms with Gasteiger partial charge in [0.15, 0.2) is 0 Å². The monoisotopic (exact) mass is 261 g/mol. The van der Waals surface area contributed by atoms with Crippen molar-refractivity contribution >= 4 is 0 Å². The summed E-state index contributed by atoms with van der Waals surface area (Å²) in [5.41, 5.74) is 0.0925. The Bertz CT molecular complexity index is 470. The van der Waals surface area contributed by atoms with Crippen LogP contribution in [-0.2, 0) is 6.54 Å². The van der Waals surface area contributed by atoms with Gasteiger partial charge in [-0.1, -0.05) is 6.07 Å². The molecule has 1 aromatic rings. The molecule has 2 saturated heterocycles. The number of pyridine rings is 1. The summed E-state index contributed by atoms with van der Waals surface area (Å²) >= 11 is 0. The summed E-state index contributed by atoms with van der Waals surface area (Å²) in [6.45, 7) is 4.20. The van der Waals surface area contributed by atoms with E-state index in [1.165, 1.54) is 38.8 Å². The number of piperidine rings is 1. The van der Waals surface area contributed by atoms with Crippen molar-refractivity contribution in [3.05, 3.63) is 34.7 Å². The summed E-state index contributed by atoms with van der Waals surface area (Å²) in [5, 5.41) is 3.62. The average Bonchev–Trinajstić information content (AvgIpc) is 2.88. The SMILES string of the molecule is O=c1ccccn1CCNC1CCN2CCCC2C1. The maximum Gasteiger partial charge on any atom is 0.250 e. The molecule has 3 rings (SSSR count). The minimum Gasteiger partial charge on any atom is -0.314 e. The molecular formula is C15H23N3O. The van der Waals surface area contributed by atoms with Crippen LogP contribution in [0.4, 0.5) is 0 Å². The van der Waals surface area contributed by atoms with E-state index in [2.05, 4.69) is 10.2 Å². The molecule has 0 aromatic carbocycles. The van der Waals surface area contributed by atoms with Gasteiger partial charge in [0.1, 0.15) is 0 Å². The number of hydrogen-bond donors (Lipinski definition) is 1. The van der Waals surface area contributed by atoms with E-state index in [1.54, 1.807) is 16.7 Å². The van der Waals surface area contributed by atoms with Crippen LogP contribution in [0.2, 0.25) is 0 Å². The van der Waals surface area contributed by atoms with Crippen LogP contribution < -0.4 is 10.9 Å². The second-order valence-corrected chi connectivity index (χ2v) is 5.74. The first-order valence-corrected chi connectivity index (χ1v) is 7.46. The van der Waals surface area contributed by atoms with Crippen LogP contribution in [-0.4, -0.2) is 41.2 Å². The molecule has 4 nitrogen and oxygen atoms in total.